The molecule has 9 heteroatoms. The number of ether oxygens (including phenoxy) is 4. The fraction of sp³-hybridized carbons (Fsp3) is 0.517. The van der Waals surface area contributed by atoms with E-state index >= 15 is 0 Å². The molecule has 2 atom stereocenters. The number of carboxylic acids is 1. The maximum Gasteiger partial charge on any atom is 0.306 e. The monoisotopic (exact) mass is 954 g/mol. The summed E-state index contributed by atoms with van der Waals surface area (Å²) in [6.45, 7) is 4.35. The molecule has 0 aromatic carbocycles. The molecule has 69 heavy (non-hydrogen) atoms. The summed E-state index contributed by atoms with van der Waals surface area (Å²) in [5.74, 6) is -2.45. The second-order valence-corrected chi connectivity index (χ2v) is 17.3. The summed E-state index contributed by atoms with van der Waals surface area (Å²) < 4.78 is 22.5. The van der Waals surface area contributed by atoms with E-state index in [2.05, 4.69) is 166 Å². The van der Waals surface area contributed by atoms with Gasteiger partial charge in [-0.15, -0.1) is 0 Å². The van der Waals surface area contributed by atoms with Gasteiger partial charge < -0.3 is 33.3 Å². The van der Waals surface area contributed by atoms with Gasteiger partial charge in [-0.1, -0.05) is 172 Å². The predicted octanol–water partition coefficient (Wildman–Crippen LogP) is 13.3. The van der Waals surface area contributed by atoms with E-state index in [1.54, 1.807) is 0 Å². The van der Waals surface area contributed by atoms with E-state index in [4.69, 9.17) is 18.9 Å². The molecular formula is C60H91NO8. The van der Waals surface area contributed by atoms with Gasteiger partial charge in [0.25, 0.3) is 0 Å². The molecule has 0 N–H and O–H groups in total. The highest BCUT2D eigenvalue weighted by Gasteiger charge is 2.21. The molecule has 0 amide bonds. The fourth-order valence-electron chi connectivity index (χ4n) is 5.88. The van der Waals surface area contributed by atoms with E-state index < -0.39 is 30.3 Å². The molecule has 0 rings (SSSR count). The van der Waals surface area contributed by atoms with Crippen LogP contribution in [0.15, 0.2) is 158 Å². The van der Waals surface area contributed by atoms with Crippen molar-refractivity contribution in [2.75, 3.05) is 47.5 Å². The first kappa shape index (κ1) is 63.9. The van der Waals surface area contributed by atoms with Crippen molar-refractivity contribution in [2.45, 2.75) is 155 Å². The lowest BCUT2D eigenvalue weighted by Gasteiger charge is -2.26. The smallest absolute Gasteiger partial charge is 0.306 e. The molecule has 0 aliphatic carbocycles. The highest BCUT2D eigenvalue weighted by Crippen LogP contribution is 2.09. The zero-order chi connectivity index (χ0) is 50.6. The molecule has 0 fully saturated rings. The molecule has 0 radical (unpaired) electrons. The molecule has 0 aliphatic rings. The number of esters is 2. The van der Waals surface area contributed by atoms with Crippen LogP contribution in [-0.4, -0.2) is 82.3 Å². The van der Waals surface area contributed by atoms with Gasteiger partial charge in [-0.3, -0.25) is 9.59 Å². The Labute approximate surface area is 419 Å². The van der Waals surface area contributed by atoms with Crippen molar-refractivity contribution in [1.29, 1.82) is 0 Å². The molecule has 0 saturated heterocycles. The molecule has 9 nitrogen and oxygen atoms in total. The van der Waals surface area contributed by atoms with Crippen LogP contribution >= 0.6 is 0 Å². The Balaban J connectivity index is 4.55. The van der Waals surface area contributed by atoms with Crippen LogP contribution in [0.3, 0.4) is 0 Å². The molecule has 0 aromatic rings. The van der Waals surface area contributed by atoms with Crippen molar-refractivity contribution < 1.29 is 42.9 Å². The topological polar surface area (TPSA) is 111 Å². The second-order valence-electron chi connectivity index (χ2n) is 17.3. The lowest BCUT2D eigenvalue weighted by Crippen LogP contribution is -2.44. The first-order chi connectivity index (χ1) is 33.6. The van der Waals surface area contributed by atoms with Gasteiger partial charge in [-0.2, -0.15) is 0 Å². The van der Waals surface area contributed by atoms with Crippen LogP contribution in [0.1, 0.15) is 142 Å². The largest absolute Gasteiger partial charge is 0.545 e. The number of allylic oxidation sites excluding steroid dienone is 26. The minimum atomic E-state index is -1.66. The molecule has 0 aliphatic heterocycles. The average Bonchev–Trinajstić information content (AvgIpc) is 3.31. The number of likely N-dealkylation sites (N-methyl/N-ethyl adjacent to an activating group) is 1. The predicted molar refractivity (Wildman–Crippen MR) is 287 cm³/mol. The molecule has 0 bridgehead atoms. The molecule has 0 aromatic heterocycles. The number of carbonyl (C=O) groups excluding carboxylic acids is 3. The quantitative estimate of drug-likeness (QED) is 0.0195. The maximum absolute atomic E-state index is 12.8. The number of nitrogens with zero attached hydrogens (tertiary/aromatic N) is 1. The van der Waals surface area contributed by atoms with Crippen LogP contribution in [0.25, 0.3) is 0 Å². The Morgan fingerprint density at radius 2 is 0.783 bits per heavy atom. The maximum atomic E-state index is 12.8. The van der Waals surface area contributed by atoms with Crippen molar-refractivity contribution >= 4 is 17.9 Å². The summed E-state index contributed by atoms with van der Waals surface area (Å²) >= 11 is 0. The van der Waals surface area contributed by atoms with Crippen LogP contribution in [0.4, 0.5) is 0 Å². The number of carboxylic acid groups (broad SMARTS) is 1. The Kier molecular flexibility index (Phi) is 45.7. The molecule has 2 unspecified atom stereocenters. The molecule has 0 saturated carbocycles. The third kappa shape index (κ3) is 50.6. The highest BCUT2D eigenvalue weighted by atomic mass is 16.7. The summed E-state index contributed by atoms with van der Waals surface area (Å²) in [6.07, 6.45) is 70.1. The van der Waals surface area contributed by atoms with Gasteiger partial charge in [0.05, 0.1) is 40.3 Å². The summed E-state index contributed by atoms with van der Waals surface area (Å²) in [6, 6.07) is 0. The molecule has 0 heterocycles. The van der Waals surface area contributed by atoms with Crippen molar-refractivity contribution in [3.05, 3.63) is 158 Å². The number of hydrogen-bond donors (Lipinski definition) is 0. The van der Waals surface area contributed by atoms with Crippen LogP contribution in [0.5, 0.6) is 0 Å². The van der Waals surface area contributed by atoms with Crippen LogP contribution in [0, 0.1) is 0 Å². The molecule has 0 spiro atoms. The number of hydrogen-bond acceptors (Lipinski definition) is 8. The summed E-state index contributed by atoms with van der Waals surface area (Å²) in [7, 11) is 5.86. The Morgan fingerprint density at radius 1 is 0.435 bits per heavy atom. The minimum Gasteiger partial charge on any atom is -0.545 e. The van der Waals surface area contributed by atoms with Gasteiger partial charge in [0.1, 0.15) is 13.2 Å². The summed E-state index contributed by atoms with van der Waals surface area (Å²) in [4.78, 5) is 37.1. The standard InChI is InChI=1S/C60H91NO8/c1-6-8-10-12-14-16-18-20-22-24-25-26-27-28-29-30-31-32-33-35-37-39-41-43-45-47-49-51-58(63)69-56(55-68-60(59(64)65)66-53-52-61(3,4)5)54-67-57(62)50-48-46-44-42-40-38-36-34-23-21-19-17-15-13-11-9-7-2/h8-11,14-17,20-23,25-26,28-29,31-32,35-38,41-44,56,60H,6-7,12-13,18-19,24,27,30,33-34,39-40,45-55H2,1-5H3/b10-8-,11-9-,16-14-,17-15-,22-20-,23-21-,26-25-,29-28-,32-31-,37-35-,38-36-,43-41-,44-42-. The van der Waals surface area contributed by atoms with Crippen molar-refractivity contribution in [3.63, 3.8) is 0 Å². The average molecular weight is 954 g/mol. The van der Waals surface area contributed by atoms with Gasteiger partial charge in [0, 0.05) is 12.8 Å². The van der Waals surface area contributed by atoms with E-state index in [0.29, 0.717) is 23.9 Å². The Bertz CT molecular complexity index is 1680. The van der Waals surface area contributed by atoms with Gasteiger partial charge in [-0.05, 0) is 116 Å². The zero-order valence-electron chi connectivity index (χ0n) is 43.3. The van der Waals surface area contributed by atoms with Gasteiger partial charge in [0.15, 0.2) is 12.4 Å². The summed E-state index contributed by atoms with van der Waals surface area (Å²) in [5.41, 5.74) is 0. The van der Waals surface area contributed by atoms with E-state index in [-0.39, 0.29) is 32.7 Å². The normalized spacial score (nSPS) is 14.2. The van der Waals surface area contributed by atoms with E-state index in [0.717, 1.165) is 103 Å². The molecular weight excluding hydrogens is 863 g/mol. The zero-order valence-corrected chi connectivity index (χ0v) is 43.3. The number of rotatable bonds is 44. The number of aliphatic carboxylic acids is 1. The molecule has 384 valence electrons. The minimum absolute atomic E-state index is 0.120. The van der Waals surface area contributed by atoms with Crippen LogP contribution in [0.2, 0.25) is 0 Å². The van der Waals surface area contributed by atoms with E-state index in [1.807, 2.05) is 27.2 Å². The van der Waals surface area contributed by atoms with Crippen molar-refractivity contribution in [2.24, 2.45) is 0 Å². The first-order valence-corrected chi connectivity index (χ1v) is 25.6. The Morgan fingerprint density at radius 3 is 1.14 bits per heavy atom. The van der Waals surface area contributed by atoms with Gasteiger partial charge in [-0.25, -0.2) is 0 Å². The van der Waals surface area contributed by atoms with Gasteiger partial charge in [0.2, 0.25) is 0 Å². The summed E-state index contributed by atoms with van der Waals surface area (Å²) in [5, 5.41) is 11.7. The highest BCUT2D eigenvalue weighted by molar-refractivity contribution is 5.70. The first-order valence-electron chi connectivity index (χ1n) is 25.6. The number of quaternary nitrogens is 1. The second kappa shape index (κ2) is 49.3. The lowest BCUT2D eigenvalue weighted by atomic mass is 10.2. The van der Waals surface area contributed by atoms with E-state index in [1.165, 1.54) is 0 Å². The number of carbonyl (C=O) groups is 3. The fourth-order valence-corrected chi connectivity index (χ4v) is 5.88. The third-order valence-electron chi connectivity index (χ3n) is 9.77. The van der Waals surface area contributed by atoms with Gasteiger partial charge >= 0.3 is 11.9 Å². The Hall–Kier alpha value is -5.09. The van der Waals surface area contributed by atoms with Crippen LogP contribution in [-0.2, 0) is 33.3 Å². The third-order valence-corrected chi connectivity index (χ3v) is 9.77. The van der Waals surface area contributed by atoms with Crippen molar-refractivity contribution in [3.8, 4) is 0 Å². The van der Waals surface area contributed by atoms with Crippen LogP contribution < -0.4 is 5.11 Å². The van der Waals surface area contributed by atoms with E-state index in [9.17, 15) is 19.5 Å². The number of unbranched alkanes of at least 4 members (excludes halogenated alkanes) is 3. The SMILES string of the molecule is CC/C=C\C/C=C\C/C=C\C/C=C\C/C=C\C/C=C\C/C=C\C/C=C\CCCCC(=O)OC(COC(=O)CCC/C=C\C/C=C\C/C=C\C/C=C\C/C=C\CC)COC(OCC[N+](C)(C)C)C(=O)[O-]. The lowest BCUT2D eigenvalue weighted by molar-refractivity contribution is -0.870. The van der Waals surface area contributed by atoms with Crippen molar-refractivity contribution in [1.82, 2.24) is 0 Å².